The Labute approximate surface area is 112 Å². The highest BCUT2D eigenvalue weighted by atomic mass is 16.4. The highest BCUT2D eigenvalue weighted by molar-refractivity contribution is 5.86. The van der Waals surface area contributed by atoms with Gasteiger partial charge in [-0.1, -0.05) is 6.07 Å². The summed E-state index contributed by atoms with van der Waals surface area (Å²) in [6, 6.07) is 6.44. The van der Waals surface area contributed by atoms with Gasteiger partial charge in [-0.15, -0.1) is 0 Å². The summed E-state index contributed by atoms with van der Waals surface area (Å²) in [5, 5.41) is 10.3. The van der Waals surface area contributed by atoms with E-state index in [0.717, 1.165) is 12.8 Å². The van der Waals surface area contributed by atoms with Gasteiger partial charge in [-0.05, 0) is 49.9 Å². The number of nitrogens with zero attached hydrogens (tertiary/aromatic N) is 1. The maximum atomic E-state index is 11.0. The maximum absolute atomic E-state index is 11.0. The Morgan fingerprint density at radius 3 is 2.63 bits per heavy atom. The van der Waals surface area contributed by atoms with Crippen molar-refractivity contribution < 1.29 is 9.90 Å². The van der Waals surface area contributed by atoms with Crippen LogP contribution in [0, 0.1) is 13.8 Å². The van der Waals surface area contributed by atoms with Gasteiger partial charge in [0.05, 0.1) is 6.42 Å². The van der Waals surface area contributed by atoms with Crippen LogP contribution in [-0.4, -0.2) is 15.6 Å². The largest absolute Gasteiger partial charge is 0.481 e. The predicted molar refractivity (Wildman–Crippen MR) is 75.6 cm³/mol. The van der Waals surface area contributed by atoms with Crippen molar-refractivity contribution in [2.75, 3.05) is 0 Å². The molecule has 1 saturated carbocycles. The number of carboxylic acids is 1. The van der Waals surface area contributed by atoms with Crippen LogP contribution < -0.4 is 0 Å². The van der Waals surface area contributed by atoms with Gasteiger partial charge < -0.3 is 9.67 Å². The molecule has 0 amide bonds. The lowest BCUT2D eigenvalue weighted by molar-refractivity contribution is -0.137. The summed E-state index contributed by atoms with van der Waals surface area (Å²) < 4.78 is 2.20. The molecule has 0 unspecified atom stereocenters. The molecule has 0 bridgehead atoms. The van der Waals surface area contributed by atoms with Crippen LogP contribution in [0.4, 0.5) is 0 Å². The summed E-state index contributed by atoms with van der Waals surface area (Å²) in [6.45, 7) is 4.26. The van der Waals surface area contributed by atoms with Crippen LogP contribution in [0.15, 0.2) is 18.2 Å². The summed E-state index contributed by atoms with van der Waals surface area (Å²) in [5.74, 6) is -0.696. The van der Waals surface area contributed by atoms with Gasteiger partial charge in [-0.25, -0.2) is 0 Å². The molecule has 3 rings (SSSR count). The molecule has 19 heavy (non-hydrogen) atoms. The Balaban J connectivity index is 2.12. The number of hydrogen-bond acceptors (Lipinski definition) is 1. The number of rotatable bonds is 3. The van der Waals surface area contributed by atoms with Crippen molar-refractivity contribution in [3.63, 3.8) is 0 Å². The van der Waals surface area contributed by atoms with E-state index >= 15 is 0 Å². The van der Waals surface area contributed by atoms with Crippen molar-refractivity contribution in [1.29, 1.82) is 0 Å². The SMILES string of the molecule is Cc1c(C)n(C)c2ccc(C3(CC(=O)O)CC3)cc12. The van der Waals surface area contributed by atoms with Crippen LogP contribution in [0.1, 0.15) is 36.1 Å². The lowest BCUT2D eigenvalue weighted by atomic mass is 9.91. The Kier molecular flexibility index (Phi) is 2.49. The van der Waals surface area contributed by atoms with E-state index in [0.29, 0.717) is 0 Å². The minimum atomic E-state index is -0.696. The molecule has 0 aliphatic heterocycles. The van der Waals surface area contributed by atoms with Crippen LogP contribution in [0.25, 0.3) is 10.9 Å². The first kappa shape index (κ1) is 12.3. The van der Waals surface area contributed by atoms with E-state index < -0.39 is 5.97 Å². The molecule has 0 atom stereocenters. The molecule has 1 heterocycles. The number of carbonyl (C=O) groups is 1. The molecular weight excluding hydrogens is 238 g/mol. The third-order valence-electron chi connectivity index (χ3n) is 4.76. The van der Waals surface area contributed by atoms with Gasteiger partial charge in [-0.2, -0.15) is 0 Å². The molecule has 2 aromatic rings. The molecule has 0 saturated heterocycles. The maximum Gasteiger partial charge on any atom is 0.304 e. The Morgan fingerprint density at radius 2 is 2.05 bits per heavy atom. The highest BCUT2D eigenvalue weighted by Gasteiger charge is 2.46. The molecule has 1 aromatic carbocycles. The minimum Gasteiger partial charge on any atom is -0.481 e. The second kappa shape index (κ2) is 3.86. The molecule has 0 radical (unpaired) electrons. The second-order valence-electron chi connectivity index (χ2n) is 5.85. The van der Waals surface area contributed by atoms with Crippen LogP contribution in [-0.2, 0) is 17.3 Å². The summed E-state index contributed by atoms with van der Waals surface area (Å²) in [6.07, 6.45) is 2.24. The summed E-state index contributed by atoms with van der Waals surface area (Å²) in [4.78, 5) is 11.0. The van der Waals surface area contributed by atoms with Crippen LogP contribution >= 0.6 is 0 Å². The zero-order valence-electron chi connectivity index (χ0n) is 11.7. The number of aliphatic carboxylic acids is 1. The Bertz CT molecular complexity index is 678. The molecule has 3 heteroatoms. The van der Waals surface area contributed by atoms with Crippen LogP contribution in [0.3, 0.4) is 0 Å². The summed E-state index contributed by atoms with van der Waals surface area (Å²) in [5.41, 5.74) is 4.89. The van der Waals surface area contributed by atoms with E-state index in [2.05, 4.69) is 43.7 Å². The van der Waals surface area contributed by atoms with Crippen molar-refractivity contribution in [1.82, 2.24) is 4.57 Å². The van der Waals surface area contributed by atoms with Gasteiger partial charge in [0.1, 0.15) is 0 Å². The molecule has 1 aliphatic rings. The normalized spacial score (nSPS) is 16.8. The molecule has 3 nitrogen and oxygen atoms in total. The van der Waals surface area contributed by atoms with Crippen LogP contribution in [0.5, 0.6) is 0 Å². The topological polar surface area (TPSA) is 42.2 Å². The number of fused-ring (bicyclic) bond motifs is 1. The second-order valence-corrected chi connectivity index (χ2v) is 5.85. The molecule has 1 aromatic heterocycles. The standard InChI is InChI=1S/C16H19NO2/c1-10-11(2)17(3)14-5-4-12(8-13(10)14)16(6-7-16)9-15(18)19/h4-5,8H,6-7,9H2,1-3H3,(H,18,19). The lowest BCUT2D eigenvalue weighted by Crippen LogP contribution is -2.12. The van der Waals surface area contributed by atoms with E-state index in [1.807, 2.05) is 0 Å². The van der Waals surface area contributed by atoms with Gasteiger partial charge >= 0.3 is 5.97 Å². The highest BCUT2D eigenvalue weighted by Crippen LogP contribution is 2.51. The molecular formula is C16H19NO2. The van der Waals surface area contributed by atoms with Gasteiger partial charge in [0.2, 0.25) is 0 Å². The van der Waals surface area contributed by atoms with E-state index in [1.165, 1.54) is 27.7 Å². The van der Waals surface area contributed by atoms with Crippen molar-refractivity contribution in [3.8, 4) is 0 Å². The zero-order chi connectivity index (χ0) is 13.8. The zero-order valence-corrected chi connectivity index (χ0v) is 11.7. The van der Waals surface area contributed by atoms with E-state index in [1.54, 1.807) is 0 Å². The van der Waals surface area contributed by atoms with Crippen molar-refractivity contribution in [2.24, 2.45) is 7.05 Å². The fourth-order valence-corrected chi connectivity index (χ4v) is 3.09. The third-order valence-corrected chi connectivity index (χ3v) is 4.76. The number of aromatic nitrogens is 1. The summed E-state index contributed by atoms with van der Waals surface area (Å²) in [7, 11) is 2.08. The monoisotopic (exact) mass is 257 g/mol. The minimum absolute atomic E-state index is 0.101. The van der Waals surface area contributed by atoms with Gasteiger partial charge in [0.15, 0.2) is 0 Å². The smallest absolute Gasteiger partial charge is 0.304 e. The predicted octanol–water partition coefficient (Wildman–Crippen LogP) is 3.30. The van der Waals surface area contributed by atoms with E-state index in [9.17, 15) is 4.79 Å². The van der Waals surface area contributed by atoms with Crippen molar-refractivity contribution in [3.05, 3.63) is 35.0 Å². The molecule has 1 fully saturated rings. The molecule has 1 aliphatic carbocycles. The fraction of sp³-hybridized carbons (Fsp3) is 0.438. The first-order chi connectivity index (χ1) is 8.94. The number of hydrogen-bond donors (Lipinski definition) is 1. The van der Waals surface area contributed by atoms with Crippen molar-refractivity contribution in [2.45, 2.75) is 38.5 Å². The lowest BCUT2D eigenvalue weighted by Gasteiger charge is -2.13. The molecule has 100 valence electrons. The Hall–Kier alpha value is -1.77. The third kappa shape index (κ3) is 1.76. The summed E-state index contributed by atoms with van der Waals surface area (Å²) >= 11 is 0. The first-order valence-electron chi connectivity index (χ1n) is 6.72. The average Bonchev–Trinajstić information content (AvgIpc) is 3.11. The number of carboxylic acid groups (broad SMARTS) is 1. The average molecular weight is 257 g/mol. The van der Waals surface area contributed by atoms with Gasteiger partial charge in [0.25, 0.3) is 0 Å². The molecule has 1 N–H and O–H groups in total. The van der Waals surface area contributed by atoms with E-state index in [4.69, 9.17) is 5.11 Å². The Morgan fingerprint density at radius 1 is 1.37 bits per heavy atom. The quantitative estimate of drug-likeness (QED) is 0.916. The van der Waals surface area contributed by atoms with Gasteiger partial charge in [-0.3, -0.25) is 4.79 Å². The number of benzene rings is 1. The number of aryl methyl sites for hydroxylation is 2. The van der Waals surface area contributed by atoms with Crippen molar-refractivity contribution >= 4 is 16.9 Å². The van der Waals surface area contributed by atoms with Gasteiger partial charge in [0, 0.05) is 29.1 Å². The fourth-order valence-electron chi connectivity index (χ4n) is 3.09. The molecule has 0 spiro atoms. The van der Waals surface area contributed by atoms with Crippen LogP contribution in [0.2, 0.25) is 0 Å². The first-order valence-corrected chi connectivity index (χ1v) is 6.72. The van der Waals surface area contributed by atoms with E-state index in [-0.39, 0.29) is 11.8 Å².